The van der Waals surface area contributed by atoms with Gasteiger partial charge in [-0.2, -0.15) is 0 Å². The zero-order valence-corrected chi connectivity index (χ0v) is 13.8. The number of hydrogen-bond acceptors (Lipinski definition) is 2. The molecular weight excluding hydrogens is 232 g/mol. The number of nitrogens with one attached hydrogen (secondary N) is 1. The molecule has 112 valence electrons. The van der Waals surface area contributed by atoms with Crippen molar-refractivity contribution in [2.75, 3.05) is 19.6 Å². The molecule has 1 aliphatic carbocycles. The Hall–Kier alpha value is -0.0800. The summed E-state index contributed by atoms with van der Waals surface area (Å²) in [7, 11) is 0. The Balaban J connectivity index is 1.95. The summed E-state index contributed by atoms with van der Waals surface area (Å²) in [5, 5.41) is 3.78. The van der Waals surface area contributed by atoms with E-state index in [2.05, 4.69) is 44.8 Å². The highest BCUT2D eigenvalue weighted by molar-refractivity contribution is 4.94. The van der Waals surface area contributed by atoms with E-state index in [-0.39, 0.29) is 5.54 Å². The van der Waals surface area contributed by atoms with E-state index in [9.17, 15) is 0 Å². The van der Waals surface area contributed by atoms with Crippen LogP contribution in [0.4, 0.5) is 0 Å². The van der Waals surface area contributed by atoms with Crippen molar-refractivity contribution in [3.63, 3.8) is 0 Å². The molecule has 1 N–H and O–H groups in total. The number of hydrogen-bond donors (Lipinski definition) is 1. The van der Waals surface area contributed by atoms with Crippen molar-refractivity contribution in [1.82, 2.24) is 10.2 Å². The maximum Gasteiger partial charge on any atom is 0.00967 e. The summed E-state index contributed by atoms with van der Waals surface area (Å²) in [6, 6.07) is 0.794. The zero-order valence-electron chi connectivity index (χ0n) is 13.8. The van der Waals surface area contributed by atoms with Gasteiger partial charge >= 0.3 is 0 Å². The predicted molar refractivity (Wildman–Crippen MR) is 83.5 cm³/mol. The van der Waals surface area contributed by atoms with Gasteiger partial charge < -0.3 is 5.32 Å². The van der Waals surface area contributed by atoms with Crippen molar-refractivity contribution in [3.05, 3.63) is 0 Å². The molecule has 2 rings (SSSR count). The Bertz CT molecular complexity index is 286. The quantitative estimate of drug-likeness (QED) is 0.835. The summed E-state index contributed by atoms with van der Waals surface area (Å²) in [6.45, 7) is 15.5. The van der Waals surface area contributed by atoms with E-state index < -0.39 is 0 Å². The van der Waals surface area contributed by atoms with Crippen LogP contribution in [0.1, 0.15) is 66.7 Å². The van der Waals surface area contributed by atoms with E-state index in [4.69, 9.17) is 0 Å². The second-order valence-corrected chi connectivity index (χ2v) is 8.43. The number of nitrogens with zero attached hydrogens (tertiary/aromatic N) is 1. The molecule has 1 saturated carbocycles. The van der Waals surface area contributed by atoms with E-state index >= 15 is 0 Å². The van der Waals surface area contributed by atoms with Crippen molar-refractivity contribution < 1.29 is 0 Å². The fourth-order valence-corrected chi connectivity index (χ4v) is 4.01. The Morgan fingerprint density at radius 1 is 1.16 bits per heavy atom. The summed E-state index contributed by atoms with van der Waals surface area (Å²) in [5.74, 6) is 0.893. The molecule has 0 radical (unpaired) electrons. The van der Waals surface area contributed by atoms with Gasteiger partial charge in [0.25, 0.3) is 0 Å². The average Bonchev–Trinajstić information content (AvgIpc) is 2.85. The SMILES string of the molecule is CC1CC(C)N(CC2(CNC(C)(C)C)CCCC2)C1. The van der Waals surface area contributed by atoms with Crippen LogP contribution in [0.25, 0.3) is 0 Å². The molecule has 1 saturated heterocycles. The molecule has 1 heterocycles. The van der Waals surface area contributed by atoms with Crippen molar-refractivity contribution in [1.29, 1.82) is 0 Å². The second kappa shape index (κ2) is 5.73. The van der Waals surface area contributed by atoms with Crippen LogP contribution in [0.2, 0.25) is 0 Å². The first-order chi connectivity index (χ1) is 8.80. The monoisotopic (exact) mass is 266 g/mol. The molecule has 2 fully saturated rings. The maximum atomic E-state index is 3.78. The number of likely N-dealkylation sites (tertiary alicyclic amines) is 1. The number of rotatable bonds is 4. The summed E-state index contributed by atoms with van der Waals surface area (Å²) in [5.41, 5.74) is 0.797. The van der Waals surface area contributed by atoms with Crippen molar-refractivity contribution in [3.8, 4) is 0 Å². The average molecular weight is 266 g/mol. The summed E-state index contributed by atoms with van der Waals surface area (Å²) >= 11 is 0. The molecule has 0 spiro atoms. The molecule has 2 aliphatic rings. The van der Waals surface area contributed by atoms with Gasteiger partial charge in [0.2, 0.25) is 0 Å². The van der Waals surface area contributed by atoms with E-state index in [1.165, 1.54) is 51.7 Å². The lowest BCUT2D eigenvalue weighted by Crippen LogP contribution is -2.48. The first-order valence-electron chi connectivity index (χ1n) is 8.29. The molecule has 2 atom stereocenters. The van der Waals surface area contributed by atoms with E-state index in [1.54, 1.807) is 0 Å². The van der Waals surface area contributed by atoms with Crippen LogP contribution in [0, 0.1) is 11.3 Å². The van der Waals surface area contributed by atoms with Gasteiger partial charge in [-0.1, -0.05) is 19.8 Å². The van der Waals surface area contributed by atoms with Crippen LogP contribution in [0.5, 0.6) is 0 Å². The van der Waals surface area contributed by atoms with Crippen molar-refractivity contribution >= 4 is 0 Å². The highest BCUT2D eigenvalue weighted by atomic mass is 15.2. The van der Waals surface area contributed by atoms with Gasteiger partial charge in [-0.15, -0.1) is 0 Å². The molecular formula is C17H34N2. The van der Waals surface area contributed by atoms with Gasteiger partial charge in [0.05, 0.1) is 0 Å². The Labute approximate surface area is 120 Å². The highest BCUT2D eigenvalue weighted by Gasteiger charge is 2.39. The van der Waals surface area contributed by atoms with Gasteiger partial charge in [0.15, 0.2) is 0 Å². The molecule has 19 heavy (non-hydrogen) atoms. The Kier molecular flexibility index (Phi) is 4.62. The molecule has 0 aromatic rings. The largest absolute Gasteiger partial charge is 0.311 e. The van der Waals surface area contributed by atoms with Gasteiger partial charge in [-0.3, -0.25) is 4.90 Å². The van der Waals surface area contributed by atoms with Gasteiger partial charge in [-0.05, 0) is 58.3 Å². The molecule has 0 aromatic carbocycles. The minimum absolute atomic E-state index is 0.250. The lowest BCUT2D eigenvalue weighted by molar-refractivity contribution is 0.134. The topological polar surface area (TPSA) is 15.3 Å². The van der Waals surface area contributed by atoms with Crippen LogP contribution in [0.3, 0.4) is 0 Å². The lowest BCUT2D eigenvalue weighted by Gasteiger charge is -2.38. The third kappa shape index (κ3) is 4.19. The van der Waals surface area contributed by atoms with Gasteiger partial charge in [-0.25, -0.2) is 0 Å². The standard InChI is InChI=1S/C17H34N2/c1-14-10-15(2)19(11-14)13-17(8-6-7-9-17)12-18-16(3,4)5/h14-15,18H,6-13H2,1-5H3. The van der Waals surface area contributed by atoms with E-state index in [1.807, 2.05) is 0 Å². The van der Waals surface area contributed by atoms with Crippen LogP contribution in [0.15, 0.2) is 0 Å². The van der Waals surface area contributed by atoms with Gasteiger partial charge in [0, 0.05) is 31.2 Å². The fraction of sp³-hybridized carbons (Fsp3) is 1.00. The first-order valence-corrected chi connectivity index (χ1v) is 8.29. The van der Waals surface area contributed by atoms with E-state index in [0.29, 0.717) is 5.41 Å². The normalized spacial score (nSPS) is 32.1. The molecule has 2 nitrogen and oxygen atoms in total. The molecule has 1 aliphatic heterocycles. The zero-order chi connectivity index (χ0) is 14.1. The third-order valence-corrected chi connectivity index (χ3v) is 5.11. The highest BCUT2D eigenvalue weighted by Crippen LogP contribution is 2.40. The molecule has 2 unspecified atom stereocenters. The summed E-state index contributed by atoms with van der Waals surface area (Å²) in [6.07, 6.45) is 7.11. The van der Waals surface area contributed by atoms with Gasteiger partial charge in [0.1, 0.15) is 0 Å². The van der Waals surface area contributed by atoms with Crippen LogP contribution in [-0.4, -0.2) is 36.1 Å². The first kappa shape index (κ1) is 15.3. The molecule has 0 amide bonds. The smallest absolute Gasteiger partial charge is 0.00967 e. The summed E-state index contributed by atoms with van der Waals surface area (Å²) in [4.78, 5) is 2.76. The summed E-state index contributed by atoms with van der Waals surface area (Å²) < 4.78 is 0. The Morgan fingerprint density at radius 2 is 1.79 bits per heavy atom. The van der Waals surface area contributed by atoms with Crippen LogP contribution in [-0.2, 0) is 0 Å². The molecule has 0 aromatic heterocycles. The van der Waals surface area contributed by atoms with E-state index in [0.717, 1.165) is 12.0 Å². The third-order valence-electron chi connectivity index (χ3n) is 5.11. The van der Waals surface area contributed by atoms with Crippen molar-refractivity contribution in [2.45, 2.75) is 78.3 Å². The lowest BCUT2D eigenvalue weighted by atomic mass is 9.84. The van der Waals surface area contributed by atoms with Crippen molar-refractivity contribution in [2.24, 2.45) is 11.3 Å². The molecule has 0 bridgehead atoms. The van der Waals surface area contributed by atoms with Crippen LogP contribution < -0.4 is 5.32 Å². The second-order valence-electron chi connectivity index (χ2n) is 8.43. The van der Waals surface area contributed by atoms with Crippen LogP contribution >= 0.6 is 0 Å². The minimum Gasteiger partial charge on any atom is -0.311 e. The molecule has 2 heteroatoms. The predicted octanol–water partition coefficient (Wildman–Crippen LogP) is 3.67. The minimum atomic E-state index is 0.250. The fourth-order valence-electron chi connectivity index (χ4n) is 4.01. The Morgan fingerprint density at radius 3 is 2.26 bits per heavy atom. The maximum absolute atomic E-state index is 3.78.